The molecule has 1 aromatic carbocycles. The maximum atomic E-state index is 10.4. The molecule has 0 aromatic heterocycles. The van der Waals surface area contributed by atoms with Crippen LogP contribution in [0.2, 0.25) is 0 Å². The van der Waals surface area contributed by atoms with E-state index in [-0.39, 0.29) is 0 Å². The number of rotatable bonds is 2. The third kappa shape index (κ3) is 2.81. The molecular weight excluding hydrogens is 256 g/mol. The molecule has 6 heteroatoms. The lowest BCUT2D eigenvalue weighted by Crippen LogP contribution is -2.03. The van der Waals surface area contributed by atoms with Crippen LogP contribution in [0.5, 0.6) is 0 Å². The first-order chi connectivity index (χ1) is 6.13. The molecule has 0 aliphatic rings. The van der Waals surface area contributed by atoms with Crippen molar-refractivity contribution in [2.75, 3.05) is 4.72 Å². The quantitative estimate of drug-likeness (QED) is 0.798. The third-order valence-electron chi connectivity index (χ3n) is 1.30. The molecular formula is C7H5BrN2O2S. The summed E-state index contributed by atoms with van der Waals surface area (Å²) in [6.07, 6.45) is 0. The zero-order valence-corrected chi connectivity index (χ0v) is 8.72. The van der Waals surface area contributed by atoms with Gasteiger partial charge < -0.3 is 0 Å². The largest absolute Gasteiger partial charge is 0.289 e. The van der Waals surface area contributed by atoms with Gasteiger partial charge in [0.15, 0.2) is 0 Å². The van der Waals surface area contributed by atoms with Gasteiger partial charge in [-0.25, -0.2) is 4.21 Å². The van der Waals surface area contributed by atoms with Crippen molar-refractivity contribution in [3.05, 3.63) is 28.2 Å². The van der Waals surface area contributed by atoms with Gasteiger partial charge in [0.25, 0.3) is 11.3 Å². The topological polar surface area (TPSA) is 73.1 Å². The molecule has 1 atom stereocenters. The predicted octanol–water partition coefficient (Wildman–Crippen LogP) is 1.87. The van der Waals surface area contributed by atoms with E-state index < -0.39 is 11.3 Å². The summed E-state index contributed by atoms with van der Waals surface area (Å²) in [4.78, 5) is 0. The highest BCUT2D eigenvalue weighted by atomic mass is 79.9. The highest BCUT2D eigenvalue weighted by Crippen LogP contribution is 2.20. The molecule has 0 amide bonds. The average Bonchev–Trinajstić information content (AvgIpc) is 2.07. The molecule has 0 fully saturated rings. The van der Waals surface area contributed by atoms with Crippen LogP contribution >= 0.6 is 15.9 Å². The van der Waals surface area contributed by atoms with Gasteiger partial charge in [-0.15, -0.1) is 0 Å². The minimum Gasteiger partial charge on any atom is -0.289 e. The summed E-state index contributed by atoms with van der Waals surface area (Å²) in [6.45, 7) is 0. The van der Waals surface area contributed by atoms with Crippen molar-refractivity contribution < 1.29 is 8.76 Å². The van der Waals surface area contributed by atoms with Crippen LogP contribution in [0.3, 0.4) is 0 Å². The summed E-state index contributed by atoms with van der Waals surface area (Å²) < 4.78 is 21.9. The second kappa shape index (κ2) is 4.37. The first-order valence-electron chi connectivity index (χ1n) is 3.20. The molecule has 4 nitrogen and oxygen atoms in total. The number of hydrogen-bond donors (Lipinski definition) is 2. The molecule has 0 heterocycles. The van der Waals surface area contributed by atoms with E-state index in [2.05, 4.69) is 20.7 Å². The molecule has 0 bridgehead atoms. The highest BCUT2D eigenvalue weighted by Gasteiger charge is 2.03. The van der Waals surface area contributed by atoms with Crippen molar-refractivity contribution in [1.82, 2.24) is 0 Å². The Morgan fingerprint density at radius 3 is 2.85 bits per heavy atom. The lowest BCUT2D eigenvalue weighted by molar-refractivity contribution is 0.570. The minimum atomic E-state index is -2.15. The van der Waals surface area contributed by atoms with E-state index in [1.165, 1.54) is 0 Å². The van der Waals surface area contributed by atoms with Crippen LogP contribution in [0.25, 0.3) is 0 Å². The monoisotopic (exact) mass is 260 g/mol. The van der Waals surface area contributed by atoms with Crippen LogP contribution in [0.4, 0.5) is 5.69 Å². The third-order valence-corrected chi connectivity index (χ3v) is 2.19. The van der Waals surface area contributed by atoms with Gasteiger partial charge in [-0.3, -0.25) is 9.27 Å². The molecule has 68 valence electrons. The van der Waals surface area contributed by atoms with Gasteiger partial charge in [0, 0.05) is 4.47 Å². The summed E-state index contributed by atoms with van der Waals surface area (Å²) >= 11 is 1.03. The van der Waals surface area contributed by atoms with Crippen LogP contribution in [0.15, 0.2) is 22.7 Å². The Morgan fingerprint density at radius 2 is 2.31 bits per heavy atom. The van der Waals surface area contributed by atoms with E-state index in [0.717, 1.165) is 4.47 Å². The van der Waals surface area contributed by atoms with E-state index in [4.69, 9.17) is 9.81 Å². The van der Waals surface area contributed by atoms with E-state index in [1.807, 2.05) is 6.07 Å². The molecule has 0 spiro atoms. The standard InChI is InChI=1S/C7H5BrN2O2S/c8-6-1-2-7(10-13(11)12)5(3-6)4-9/h1-3,10H,(H,11,12). The van der Waals surface area contributed by atoms with Crippen LogP contribution in [-0.4, -0.2) is 8.76 Å². The normalized spacial score (nSPS) is 11.8. The van der Waals surface area contributed by atoms with E-state index in [9.17, 15) is 4.21 Å². The average molecular weight is 261 g/mol. The van der Waals surface area contributed by atoms with Crippen molar-refractivity contribution in [2.24, 2.45) is 0 Å². The van der Waals surface area contributed by atoms with Gasteiger partial charge in [-0.1, -0.05) is 15.9 Å². The number of nitriles is 1. The Hall–Kier alpha value is -0.900. The highest BCUT2D eigenvalue weighted by molar-refractivity contribution is 9.10. The first-order valence-corrected chi connectivity index (χ1v) is 5.10. The molecule has 0 aliphatic carbocycles. The van der Waals surface area contributed by atoms with Gasteiger partial charge in [0.1, 0.15) is 6.07 Å². The van der Waals surface area contributed by atoms with Gasteiger partial charge in [-0.05, 0) is 18.2 Å². The van der Waals surface area contributed by atoms with Crippen molar-refractivity contribution >= 4 is 32.9 Å². The number of benzene rings is 1. The van der Waals surface area contributed by atoms with Crippen LogP contribution < -0.4 is 4.72 Å². The SMILES string of the molecule is N#Cc1cc(Br)ccc1NS(=O)O. The van der Waals surface area contributed by atoms with Crippen LogP contribution in [-0.2, 0) is 11.3 Å². The molecule has 1 rings (SSSR count). The first kappa shape index (κ1) is 10.2. The Bertz CT molecular complexity index is 389. The molecule has 1 aromatic rings. The molecule has 0 radical (unpaired) electrons. The molecule has 2 N–H and O–H groups in total. The van der Waals surface area contributed by atoms with Gasteiger partial charge in [0.2, 0.25) is 0 Å². The number of anilines is 1. The van der Waals surface area contributed by atoms with Crippen molar-refractivity contribution in [2.45, 2.75) is 0 Å². The second-order valence-corrected chi connectivity index (χ2v) is 3.77. The van der Waals surface area contributed by atoms with E-state index in [0.29, 0.717) is 11.3 Å². The zero-order chi connectivity index (χ0) is 9.84. The fourth-order valence-corrected chi connectivity index (χ4v) is 1.52. The van der Waals surface area contributed by atoms with Crippen molar-refractivity contribution in [3.63, 3.8) is 0 Å². The Balaban J connectivity index is 3.08. The molecule has 1 unspecified atom stereocenters. The molecule has 0 saturated carbocycles. The molecule has 0 saturated heterocycles. The lowest BCUT2D eigenvalue weighted by atomic mass is 10.2. The smallest absolute Gasteiger partial charge is 0.259 e. The Kier molecular flexibility index (Phi) is 3.42. The van der Waals surface area contributed by atoms with Crippen LogP contribution in [0, 0.1) is 11.3 Å². The second-order valence-electron chi connectivity index (χ2n) is 2.15. The van der Waals surface area contributed by atoms with E-state index in [1.54, 1.807) is 18.2 Å². The molecule has 13 heavy (non-hydrogen) atoms. The Labute approximate surface area is 86.1 Å². The number of nitrogens with zero attached hydrogens (tertiary/aromatic N) is 1. The lowest BCUT2D eigenvalue weighted by Gasteiger charge is -2.03. The summed E-state index contributed by atoms with van der Waals surface area (Å²) in [5.41, 5.74) is 0.656. The van der Waals surface area contributed by atoms with Crippen LogP contribution in [0.1, 0.15) is 5.56 Å². The summed E-state index contributed by atoms with van der Waals surface area (Å²) in [7, 11) is 0. The fraction of sp³-hybridized carbons (Fsp3) is 0. The van der Waals surface area contributed by atoms with Crippen molar-refractivity contribution in [1.29, 1.82) is 5.26 Å². The minimum absolute atomic E-state index is 0.316. The van der Waals surface area contributed by atoms with Gasteiger partial charge in [-0.2, -0.15) is 5.26 Å². The number of halogens is 1. The number of nitrogens with one attached hydrogen (secondary N) is 1. The van der Waals surface area contributed by atoms with E-state index >= 15 is 0 Å². The maximum Gasteiger partial charge on any atom is 0.259 e. The summed E-state index contributed by atoms with van der Waals surface area (Å²) in [5.74, 6) is 0. The summed E-state index contributed by atoms with van der Waals surface area (Å²) in [6, 6.07) is 6.70. The van der Waals surface area contributed by atoms with Crippen molar-refractivity contribution in [3.8, 4) is 6.07 Å². The Morgan fingerprint density at radius 1 is 1.62 bits per heavy atom. The van der Waals surface area contributed by atoms with Gasteiger partial charge in [0.05, 0.1) is 11.3 Å². The molecule has 0 aliphatic heterocycles. The number of hydrogen-bond acceptors (Lipinski definition) is 2. The summed E-state index contributed by atoms with van der Waals surface area (Å²) in [5, 5.41) is 8.66. The maximum absolute atomic E-state index is 10.4. The zero-order valence-electron chi connectivity index (χ0n) is 6.32. The fourth-order valence-electron chi connectivity index (χ4n) is 0.792. The van der Waals surface area contributed by atoms with Gasteiger partial charge >= 0.3 is 0 Å². The predicted molar refractivity (Wildman–Crippen MR) is 53.3 cm³/mol.